The van der Waals surface area contributed by atoms with E-state index in [1.54, 1.807) is 12.3 Å². The number of H-pyrrole nitrogens is 1. The Kier molecular flexibility index (Phi) is 4.93. The molecule has 9 heteroatoms. The molecule has 8 bridgehead atoms. The first-order valence-electron chi connectivity index (χ1n) is 12.6. The summed E-state index contributed by atoms with van der Waals surface area (Å²) >= 11 is 6.22. The Balaban J connectivity index is 1.51. The Labute approximate surface area is 224 Å². The molecule has 2 aromatic rings. The van der Waals surface area contributed by atoms with Crippen molar-refractivity contribution >= 4 is 41.0 Å². The Morgan fingerprint density at radius 3 is 2.55 bits per heavy atom. The van der Waals surface area contributed by atoms with Crippen molar-refractivity contribution in [1.82, 2.24) is 20.3 Å². The zero-order valence-electron chi connectivity index (χ0n) is 20.9. The van der Waals surface area contributed by atoms with E-state index in [2.05, 4.69) is 20.3 Å². The van der Waals surface area contributed by atoms with Crippen molar-refractivity contribution in [3.63, 3.8) is 0 Å². The van der Waals surface area contributed by atoms with Gasteiger partial charge in [0.2, 0.25) is 5.28 Å². The summed E-state index contributed by atoms with van der Waals surface area (Å²) in [7, 11) is 0. The third kappa shape index (κ3) is 3.51. The van der Waals surface area contributed by atoms with Gasteiger partial charge in [-0.15, -0.1) is 0 Å². The van der Waals surface area contributed by atoms with Crippen LogP contribution in [0.5, 0.6) is 0 Å². The summed E-state index contributed by atoms with van der Waals surface area (Å²) in [6.07, 6.45) is 17.4. The molecule has 2 unspecified atom stereocenters. The summed E-state index contributed by atoms with van der Waals surface area (Å²) in [4.78, 5) is 36.2. The predicted octanol–water partition coefficient (Wildman–Crippen LogP) is 2.30. The fraction of sp³-hybridized carbons (Fsp3) is 0.276. The van der Waals surface area contributed by atoms with Crippen LogP contribution in [-0.4, -0.2) is 50.9 Å². The van der Waals surface area contributed by atoms with Gasteiger partial charge in [-0.1, -0.05) is 0 Å². The van der Waals surface area contributed by atoms with Gasteiger partial charge in [0.05, 0.1) is 41.4 Å². The van der Waals surface area contributed by atoms with Gasteiger partial charge in [0.15, 0.2) is 5.78 Å². The van der Waals surface area contributed by atoms with Gasteiger partial charge in [-0.05, 0) is 92.3 Å². The van der Waals surface area contributed by atoms with Crippen molar-refractivity contribution in [3.05, 3.63) is 93.9 Å². The maximum Gasteiger partial charge on any atom is 0.222 e. The summed E-state index contributed by atoms with van der Waals surface area (Å²) in [5, 5.41) is 5.62. The minimum Gasteiger partial charge on any atom is -0.380 e. The number of allylic oxidation sites excluding steroid dienone is 4. The van der Waals surface area contributed by atoms with Crippen LogP contribution in [0.3, 0.4) is 0 Å². The lowest BCUT2D eigenvalue weighted by Crippen LogP contribution is -2.58. The fourth-order valence-electron chi connectivity index (χ4n) is 5.66. The van der Waals surface area contributed by atoms with E-state index in [0.29, 0.717) is 18.9 Å². The average Bonchev–Trinajstić information content (AvgIpc) is 3.60. The van der Waals surface area contributed by atoms with Gasteiger partial charge < -0.3 is 15.0 Å². The van der Waals surface area contributed by atoms with Crippen LogP contribution >= 0.6 is 11.6 Å². The quantitative estimate of drug-likeness (QED) is 0.587. The molecular formula is C29H25ClN6O2. The Morgan fingerprint density at radius 2 is 1.82 bits per heavy atom. The van der Waals surface area contributed by atoms with E-state index in [1.807, 2.05) is 74.6 Å². The van der Waals surface area contributed by atoms with Crippen molar-refractivity contribution in [2.45, 2.75) is 24.9 Å². The van der Waals surface area contributed by atoms with Crippen LogP contribution in [0.2, 0.25) is 5.28 Å². The van der Waals surface area contributed by atoms with Crippen LogP contribution in [0.1, 0.15) is 19.5 Å². The van der Waals surface area contributed by atoms with E-state index in [4.69, 9.17) is 26.3 Å². The average molecular weight is 525 g/mol. The molecule has 190 valence electrons. The second-order valence-electron chi connectivity index (χ2n) is 10.7. The number of hydrogen-bond donors (Lipinski definition) is 2. The summed E-state index contributed by atoms with van der Waals surface area (Å²) < 4.78 is 5.56. The number of aromatic amines is 1. The van der Waals surface area contributed by atoms with Gasteiger partial charge >= 0.3 is 0 Å². The van der Waals surface area contributed by atoms with Gasteiger partial charge in [-0.3, -0.25) is 9.79 Å². The molecule has 2 N–H and O–H groups in total. The van der Waals surface area contributed by atoms with Crippen LogP contribution in [-0.2, 0) is 15.1 Å². The molecule has 0 radical (unpaired) electrons. The van der Waals surface area contributed by atoms with E-state index in [0.717, 1.165) is 33.5 Å². The number of Topliss-reactive ketones (excluding diaryl/α,β-unsaturated/α-hetero) is 1. The van der Waals surface area contributed by atoms with Gasteiger partial charge in [0.1, 0.15) is 11.1 Å². The molecule has 2 atom stereocenters. The number of carbonyl (C=O) groups excluding carboxylic acids is 1. The monoisotopic (exact) mass is 524 g/mol. The van der Waals surface area contributed by atoms with Crippen molar-refractivity contribution in [2.24, 2.45) is 21.3 Å². The number of nitrogens with zero attached hydrogens (tertiary/aromatic N) is 4. The maximum absolute atomic E-state index is 14.3. The number of carbonyl (C=O) groups is 1. The highest BCUT2D eigenvalue weighted by atomic mass is 35.5. The lowest BCUT2D eigenvalue weighted by molar-refractivity contribution is -0.136. The van der Waals surface area contributed by atoms with E-state index >= 15 is 0 Å². The summed E-state index contributed by atoms with van der Waals surface area (Å²) in [5.74, 6) is 0.0507. The molecule has 7 rings (SSSR count). The molecule has 38 heavy (non-hydrogen) atoms. The first-order chi connectivity index (χ1) is 18.3. The highest BCUT2D eigenvalue weighted by Gasteiger charge is 2.59. The van der Waals surface area contributed by atoms with Gasteiger partial charge in [-0.25, -0.2) is 15.0 Å². The number of fused-ring (bicyclic) bond motifs is 6. The Bertz CT molecular complexity index is 1700. The number of ketones is 1. The second-order valence-corrected chi connectivity index (χ2v) is 11.1. The number of ether oxygens (including phenoxy) is 1. The molecular weight excluding hydrogens is 500 g/mol. The summed E-state index contributed by atoms with van der Waals surface area (Å²) in [6.45, 7) is 4.89. The van der Waals surface area contributed by atoms with Crippen LogP contribution < -0.4 is 16.0 Å². The van der Waals surface area contributed by atoms with Crippen LogP contribution in [0.4, 0.5) is 0 Å². The van der Waals surface area contributed by atoms with Crippen LogP contribution in [0, 0.1) is 11.3 Å². The molecule has 5 aliphatic heterocycles. The molecule has 8 nitrogen and oxygen atoms in total. The minimum absolute atomic E-state index is 0.0230. The van der Waals surface area contributed by atoms with Gasteiger partial charge in [0.25, 0.3) is 0 Å². The van der Waals surface area contributed by atoms with Gasteiger partial charge in [0, 0.05) is 28.5 Å². The number of rotatable bonds is 2. The first-order valence-corrected chi connectivity index (χ1v) is 12.9. The summed E-state index contributed by atoms with van der Waals surface area (Å²) in [6, 6.07) is 5.81. The lowest BCUT2D eigenvalue weighted by Gasteiger charge is -2.40. The number of halogens is 1. The maximum atomic E-state index is 14.3. The smallest absolute Gasteiger partial charge is 0.222 e. The fourth-order valence-corrected chi connectivity index (χ4v) is 5.81. The third-order valence-electron chi connectivity index (χ3n) is 7.86. The van der Waals surface area contributed by atoms with E-state index in [9.17, 15) is 4.79 Å². The molecule has 7 heterocycles. The molecule has 0 saturated carbocycles. The van der Waals surface area contributed by atoms with E-state index < -0.39 is 16.5 Å². The second kappa shape index (κ2) is 8.06. The van der Waals surface area contributed by atoms with Crippen molar-refractivity contribution < 1.29 is 9.53 Å². The summed E-state index contributed by atoms with van der Waals surface area (Å²) in [5.41, 5.74) is 0.936. The largest absolute Gasteiger partial charge is 0.380 e. The molecule has 0 amide bonds. The first kappa shape index (κ1) is 23.3. The molecule has 0 spiro atoms. The van der Waals surface area contributed by atoms with Crippen LogP contribution in [0.25, 0.3) is 12.2 Å². The van der Waals surface area contributed by atoms with Crippen molar-refractivity contribution in [1.29, 1.82) is 0 Å². The molecule has 2 saturated heterocycles. The molecule has 2 aromatic heterocycles. The van der Waals surface area contributed by atoms with Gasteiger partial charge in [-0.2, -0.15) is 0 Å². The molecule has 0 aliphatic carbocycles. The molecule has 2 fully saturated rings. The highest BCUT2D eigenvalue weighted by molar-refractivity contribution is 6.28. The number of hydrogen-bond acceptors (Lipinski definition) is 7. The lowest BCUT2D eigenvalue weighted by atomic mass is 9.73. The zero-order valence-corrected chi connectivity index (χ0v) is 21.7. The molecule has 5 aliphatic rings. The Hall–Kier alpha value is -3.88. The predicted molar refractivity (Wildman–Crippen MR) is 146 cm³/mol. The number of aliphatic imine (C=N–C) groups is 2. The van der Waals surface area contributed by atoms with Crippen molar-refractivity contribution in [3.8, 4) is 0 Å². The zero-order chi connectivity index (χ0) is 26.1. The van der Waals surface area contributed by atoms with E-state index in [1.165, 1.54) is 0 Å². The van der Waals surface area contributed by atoms with E-state index in [-0.39, 0.29) is 17.0 Å². The number of nitrogens with one attached hydrogen (secondary N) is 2. The Morgan fingerprint density at radius 1 is 1.03 bits per heavy atom. The number of aromatic nitrogens is 3. The van der Waals surface area contributed by atoms with Crippen LogP contribution in [0.15, 0.2) is 82.2 Å². The highest BCUT2D eigenvalue weighted by Crippen LogP contribution is 2.47. The normalized spacial score (nSPS) is 29.0. The standard InChI is InChI=1S/C29H25ClN6O2/c1-27(2)24-14-28(23-8-10-31-26(30)34-23)9-7-21(35-28)12-20-4-3-18(32-20)11-19-5-6-22(33-19)13-29(36-24,25(27)37)17-15-38-16-17/h3-14,17,32,36H,15-16H2,1-2H3. The minimum atomic E-state index is -0.977. The topological polar surface area (TPSA) is 105 Å². The third-order valence-corrected chi connectivity index (χ3v) is 8.04. The SMILES string of the molecule is CC1(C)C(=O)C2(C3COC3)C=C3C=CC(=N3)C=c3ccc([nH]3)=CC3=NC(c4ccnc(Cl)n4)(C=C3)C=C1N2. The van der Waals surface area contributed by atoms with Crippen molar-refractivity contribution in [2.75, 3.05) is 13.2 Å². The molecule has 0 aromatic carbocycles.